The van der Waals surface area contributed by atoms with Gasteiger partial charge in [0.25, 0.3) is 0 Å². The summed E-state index contributed by atoms with van der Waals surface area (Å²) < 4.78 is 26.6. The summed E-state index contributed by atoms with van der Waals surface area (Å²) in [6.45, 7) is 4.05. The Morgan fingerprint density at radius 3 is 2.04 bits per heavy atom. The highest BCUT2D eigenvalue weighted by Gasteiger charge is 2.25. The van der Waals surface area contributed by atoms with Crippen LogP contribution in [-0.2, 0) is 0 Å². The fraction of sp³-hybridized carbons (Fsp3) is 0.400. The van der Waals surface area contributed by atoms with Crippen LogP contribution in [0.2, 0.25) is 0 Å². The lowest BCUT2D eigenvalue weighted by molar-refractivity contribution is 0.312. The van der Waals surface area contributed by atoms with Crippen LogP contribution in [0.3, 0.4) is 0 Å². The van der Waals surface area contributed by atoms with E-state index in [2.05, 4.69) is 10.2 Å². The first kappa shape index (κ1) is 17.1. The van der Waals surface area contributed by atoms with E-state index in [4.69, 9.17) is 0 Å². The number of rotatable bonds is 6. The Bertz CT molecular complexity index is 594. The zero-order valence-electron chi connectivity index (χ0n) is 14.0. The average molecular weight is 330 g/mol. The van der Waals surface area contributed by atoms with Gasteiger partial charge in [-0.2, -0.15) is 0 Å². The molecule has 0 amide bonds. The molecule has 0 radical (unpaired) electrons. The van der Waals surface area contributed by atoms with Gasteiger partial charge >= 0.3 is 0 Å². The van der Waals surface area contributed by atoms with Crippen molar-refractivity contribution in [2.24, 2.45) is 5.92 Å². The van der Waals surface area contributed by atoms with Crippen molar-refractivity contribution in [3.05, 3.63) is 71.3 Å². The third-order valence-corrected chi connectivity index (χ3v) is 4.85. The molecule has 1 aliphatic rings. The minimum Gasteiger partial charge on any atom is -0.319 e. The second-order valence-electron chi connectivity index (χ2n) is 6.63. The van der Waals surface area contributed by atoms with Gasteiger partial charge in [0.15, 0.2) is 0 Å². The highest BCUT2D eigenvalue weighted by Crippen LogP contribution is 2.28. The van der Waals surface area contributed by atoms with Crippen LogP contribution in [-0.4, -0.2) is 38.1 Å². The van der Waals surface area contributed by atoms with Crippen LogP contribution >= 0.6 is 0 Å². The third kappa shape index (κ3) is 4.19. The Balaban J connectivity index is 1.80. The van der Waals surface area contributed by atoms with Crippen LogP contribution in [0.15, 0.2) is 48.5 Å². The highest BCUT2D eigenvalue weighted by atomic mass is 19.1. The van der Waals surface area contributed by atoms with Crippen LogP contribution in [0.25, 0.3) is 0 Å². The molecule has 2 aromatic carbocycles. The third-order valence-electron chi connectivity index (χ3n) is 4.85. The first-order chi connectivity index (χ1) is 11.7. The smallest absolute Gasteiger partial charge is 0.123 e. The highest BCUT2D eigenvalue weighted by molar-refractivity contribution is 5.33. The Morgan fingerprint density at radius 1 is 1.00 bits per heavy atom. The van der Waals surface area contributed by atoms with Crippen molar-refractivity contribution >= 4 is 0 Å². The van der Waals surface area contributed by atoms with Crippen LogP contribution in [0.5, 0.6) is 0 Å². The fourth-order valence-corrected chi connectivity index (χ4v) is 3.59. The topological polar surface area (TPSA) is 15.3 Å². The Kier molecular flexibility index (Phi) is 5.59. The molecule has 128 valence electrons. The van der Waals surface area contributed by atoms with E-state index in [-0.39, 0.29) is 17.6 Å². The van der Waals surface area contributed by atoms with Gasteiger partial charge in [-0.1, -0.05) is 24.3 Å². The largest absolute Gasteiger partial charge is 0.319 e. The minimum atomic E-state index is -0.230. The quantitative estimate of drug-likeness (QED) is 0.870. The van der Waals surface area contributed by atoms with E-state index in [1.807, 2.05) is 31.3 Å². The molecule has 1 aliphatic heterocycles. The fourth-order valence-electron chi connectivity index (χ4n) is 3.59. The molecule has 1 atom stereocenters. The first-order valence-electron chi connectivity index (χ1n) is 8.53. The molecule has 4 heteroatoms. The SMILES string of the molecule is CNCC1CCN(CC(c2ccc(F)cc2)c2ccc(F)cc2)C1. The Hall–Kier alpha value is -1.78. The standard InChI is InChI=1S/C20H24F2N2/c1-23-12-15-10-11-24(13-15)14-20(16-2-6-18(21)7-3-16)17-4-8-19(22)9-5-17/h2-9,15,20,23H,10-14H2,1H3. The van der Waals surface area contributed by atoms with E-state index in [9.17, 15) is 8.78 Å². The van der Waals surface area contributed by atoms with Gasteiger partial charge in [0, 0.05) is 19.0 Å². The monoisotopic (exact) mass is 330 g/mol. The number of likely N-dealkylation sites (tertiary alicyclic amines) is 1. The molecule has 1 unspecified atom stereocenters. The molecule has 0 aromatic heterocycles. The van der Waals surface area contributed by atoms with Gasteiger partial charge in [0.1, 0.15) is 11.6 Å². The summed E-state index contributed by atoms with van der Waals surface area (Å²) in [6.07, 6.45) is 1.19. The van der Waals surface area contributed by atoms with E-state index in [1.165, 1.54) is 30.7 Å². The lowest BCUT2D eigenvalue weighted by Gasteiger charge is -2.25. The minimum absolute atomic E-state index is 0.125. The number of benzene rings is 2. The van der Waals surface area contributed by atoms with E-state index >= 15 is 0 Å². The van der Waals surface area contributed by atoms with Gasteiger partial charge in [-0.05, 0) is 67.9 Å². The number of hydrogen-bond acceptors (Lipinski definition) is 2. The molecule has 24 heavy (non-hydrogen) atoms. The number of hydrogen-bond donors (Lipinski definition) is 1. The maximum atomic E-state index is 13.3. The molecule has 0 saturated carbocycles. The molecule has 1 saturated heterocycles. The lowest BCUT2D eigenvalue weighted by atomic mass is 9.90. The average Bonchev–Trinajstić information content (AvgIpc) is 3.02. The molecule has 0 spiro atoms. The van der Waals surface area contributed by atoms with Gasteiger partial charge < -0.3 is 10.2 Å². The van der Waals surface area contributed by atoms with E-state index < -0.39 is 0 Å². The van der Waals surface area contributed by atoms with Gasteiger partial charge in [0.2, 0.25) is 0 Å². The summed E-state index contributed by atoms with van der Waals surface area (Å²) in [6, 6.07) is 13.3. The number of nitrogens with one attached hydrogen (secondary N) is 1. The second kappa shape index (κ2) is 7.86. The summed E-state index contributed by atoms with van der Waals surface area (Å²) in [7, 11) is 1.99. The molecule has 1 N–H and O–H groups in total. The molecule has 0 aliphatic carbocycles. The van der Waals surface area contributed by atoms with E-state index in [1.54, 1.807) is 0 Å². The van der Waals surface area contributed by atoms with Crippen molar-refractivity contribution in [2.45, 2.75) is 12.3 Å². The van der Waals surface area contributed by atoms with Crippen LogP contribution in [0, 0.1) is 17.6 Å². The number of nitrogens with zero attached hydrogens (tertiary/aromatic N) is 1. The predicted octanol–water partition coefficient (Wildman–Crippen LogP) is 3.64. The zero-order valence-corrected chi connectivity index (χ0v) is 14.0. The number of halogens is 2. The molecular formula is C20H24F2N2. The normalized spacial score (nSPS) is 18.4. The van der Waals surface area contributed by atoms with Crippen LogP contribution in [0.4, 0.5) is 8.78 Å². The Labute approximate surface area is 142 Å². The molecule has 3 rings (SSSR count). The van der Waals surface area contributed by atoms with Crippen molar-refractivity contribution < 1.29 is 8.78 Å². The first-order valence-corrected chi connectivity index (χ1v) is 8.53. The molecule has 1 heterocycles. The van der Waals surface area contributed by atoms with E-state index in [0.29, 0.717) is 5.92 Å². The van der Waals surface area contributed by atoms with Crippen molar-refractivity contribution in [3.63, 3.8) is 0 Å². The Morgan fingerprint density at radius 2 is 1.54 bits per heavy atom. The van der Waals surface area contributed by atoms with Crippen molar-refractivity contribution in [1.82, 2.24) is 10.2 Å². The summed E-state index contributed by atoms with van der Waals surface area (Å²) in [5, 5.41) is 3.25. The second-order valence-corrected chi connectivity index (χ2v) is 6.63. The van der Waals surface area contributed by atoms with Gasteiger partial charge in [-0.3, -0.25) is 0 Å². The maximum absolute atomic E-state index is 13.3. The summed E-state index contributed by atoms with van der Waals surface area (Å²) in [5.74, 6) is 0.343. The molecular weight excluding hydrogens is 306 g/mol. The van der Waals surface area contributed by atoms with Crippen molar-refractivity contribution in [3.8, 4) is 0 Å². The van der Waals surface area contributed by atoms with E-state index in [0.717, 1.165) is 37.3 Å². The maximum Gasteiger partial charge on any atom is 0.123 e. The van der Waals surface area contributed by atoms with Gasteiger partial charge in [-0.15, -0.1) is 0 Å². The summed E-state index contributed by atoms with van der Waals surface area (Å²) >= 11 is 0. The summed E-state index contributed by atoms with van der Waals surface area (Å²) in [4.78, 5) is 2.46. The molecule has 2 nitrogen and oxygen atoms in total. The molecule has 1 fully saturated rings. The molecule has 0 bridgehead atoms. The van der Waals surface area contributed by atoms with Crippen LogP contribution in [0.1, 0.15) is 23.5 Å². The van der Waals surface area contributed by atoms with Gasteiger partial charge in [0.05, 0.1) is 0 Å². The van der Waals surface area contributed by atoms with Crippen molar-refractivity contribution in [1.29, 1.82) is 0 Å². The molecule has 2 aromatic rings. The van der Waals surface area contributed by atoms with Crippen LogP contribution < -0.4 is 5.32 Å². The van der Waals surface area contributed by atoms with Crippen molar-refractivity contribution in [2.75, 3.05) is 33.2 Å². The lowest BCUT2D eigenvalue weighted by Crippen LogP contribution is -2.29. The predicted molar refractivity (Wildman–Crippen MR) is 93.1 cm³/mol. The van der Waals surface area contributed by atoms with Gasteiger partial charge in [-0.25, -0.2) is 8.78 Å². The summed E-state index contributed by atoms with van der Waals surface area (Å²) in [5.41, 5.74) is 2.14. The zero-order chi connectivity index (χ0) is 16.9.